The fraction of sp³-hybridized carbons (Fsp3) is 0.667. The zero-order chi connectivity index (χ0) is 16.4. The Morgan fingerprint density at radius 1 is 1.09 bits per heavy atom. The quantitative estimate of drug-likeness (QED) is 0.866. The first-order valence-electron chi connectivity index (χ1n) is 8.61. The Morgan fingerprint density at radius 2 is 1.83 bits per heavy atom. The van der Waals surface area contributed by atoms with Crippen LogP contribution in [0.2, 0.25) is 0 Å². The molecule has 1 aromatic carbocycles. The van der Waals surface area contributed by atoms with E-state index in [9.17, 15) is 13.2 Å². The number of alkyl halides is 3. The van der Waals surface area contributed by atoms with Crippen molar-refractivity contribution < 1.29 is 13.2 Å². The van der Waals surface area contributed by atoms with Crippen LogP contribution in [0.1, 0.15) is 49.7 Å². The molecule has 23 heavy (non-hydrogen) atoms. The Balaban J connectivity index is 1.94. The predicted molar refractivity (Wildman–Crippen MR) is 86.9 cm³/mol. The first-order chi connectivity index (χ1) is 10.9. The number of anilines is 1. The SMILES string of the molecule is CC1CCCN(c2cc(C3CCNCC3)cc(C(F)(F)F)c2)C1. The van der Waals surface area contributed by atoms with Crippen LogP contribution in [0.5, 0.6) is 0 Å². The lowest BCUT2D eigenvalue weighted by Gasteiger charge is -2.34. The van der Waals surface area contributed by atoms with Gasteiger partial charge in [0.05, 0.1) is 5.56 Å². The molecule has 2 aliphatic rings. The molecule has 0 radical (unpaired) electrons. The molecule has 3 rings (SSSR count). The maximum absolute atomic E-state index is 13.3. The summed E-state index contributed by atoms with van der Waals surface area (Å²) in [6.07, 6.45) is -0.232. The molecule has 0 bridgehead atoms. The van der Waals surface area contributed by atoms with Crippen LogP contribution in [-0.2, 0) is 6.18 Å². The first-order valence-corrected chi connectivity index (χ1v) is 8.61. The third-order valence-electron chi connectivity index (χ3n) is 5.10. The highest BCUT2D eigenvalue weighted by Gasteiger charge is 2.33. The van der Waals surface area contributed by atoms with E-state index in [-0.39, 0.29) is 5.92 Å². The topological polar surface area (TPSA) is 15.3 Å². The number of hydrogen-bond donors (Lipinski definition) is 1. The Kier molecular flexibility index (Phi) is 4.85. The largest absolute Gasteiger partial charge is 0.416 e. The van der Waals surface area contributed by atoms with Crippen molar-refractivity contribution in [3.05, 3.63) is 29.3 Å². The summed E-state index contributed by atoms with van der Waals surface area (Å²) in [6, 6.07) is 4.71. The van der Waals surface area contributed by atoms with Crippen LogP contribution >= 0.6 is 0 Å². The van der Waals surface area contributed by atoms with E-state index in [1.165, 1.54) is 12.1 Å². The van der Waals surface area contributed by atoms with E-state index in [4.69, 9.17) is 0 Å². The first kappa shape index (κ1) is 16.6. The summed E-state index contributed by atoms with van der Waals surface area (Å²) in [7, 11) is 0. The molecule has 0 spiro atoms. The van der Waals surface area contributed by atoms with Gasteiger partial charge in [-0.15, -0.1) is 0 Å². The molecule has 2 aliphatic heterocycles. The van der Waals surface area contributed by atoms with E-state index < -0.39 is 11.7 Å². The average Bonchev–Trinajstić information content (AvgIpc) is 2.54. The number of nitrogens with one attached hydrogen (secondary N) is 1. The third kappa shape index (κ3) is 4.00. The molecule has 1 aromatic rings. The minimum atomic E-state index is -4.28. The fourth-order valence-corrected chi connectivity index (χ4v) is 3.80. The number of piperidine rings is 2. The molecule has 2 heterocycles. The molecule has 1 atom stereocenters. The zero-order valence-corrected chi connectivity index (χ0v) is 13.6. The predicted octanol–water partition coefficient (Wildman–Crippen LogP) is 4.41. The van der Waals surface area contributed by atoms with Crippen molar-refractivity contribution in [2.24, 2.45) is 5.92 Å². The second kappa shape index (κ2) is 6.71. The number of benzene rings is 1. The summed E-state index contributed by atoms with van der Waals surface area (Å²) in [6.45, 7) is 5.66. The zero-order valence-electron chi connectivity index (χ0n) is 13.6. The Morgan fingerprint density at radius 3 is 2.48 bits per heavy atom. The Labute approximate surface area is 136 Å². The molecular weight excluding hydrogens is 301 g/mol. The maximum Gasteiger partial charge on any atom is 0.416 e. The van der Waals surface area contributed by atoms with Crippen molar-refractivity contribution in [1.82, 2.24) is 5.32 Å². The van der Waals surface area contributed by atoms with E-state index in [1.807, 2.05) is 6.07 Å². The number of rotatable bonds is 2. The van der Waals surface area contributed by atoms with Crippen LogP contribution < -0.4 is 10.2 Å². The molecule has 5 heteroatoms. The smallest absolute Gasteiger partial charge is 0.371 e. The summed E-state index contributed by atoms with van der Waals surface area (Å²) in [5, 5.41) is 3.28. The van der Waals surface area contributed by atoms with E-state index in [0.29, 0.717) is 5.92 Å². The van der Waals surface area contributed by atoms with Crippen molar-refractivity contribution in [3.8, 4) is 0 Å². The molecule has 0 aliphatic carbocycles. The minimum Gasteiger partial charge on any atom is -0.371 e. The van der Waals surface area contributed by atoms with Crippen LogP contribution in [0.15, 0.2) is 18.2 Å². The van der Waals surface area contributed by atoms with Gasteiger partial charge in [-0.2, -0.15) is 13.2 Å². The van der Waals surface area contributed by atoms with Gasteiger partial charge in [0.15, 0.2) is 0 Å². The van der Waals surface area contributed by atoms with E-state index in [2.05, 4.69) is 17.1 Å². The van der Waals surface area contributed by atoms with Gasteiger partial charge in [-0.25, -0.2) is 0 Å². The second-order valence-electron chi connectivity index (χ2n) is 7.03. The summed E-state index contributed by atoms with van der Waals surface area (Å²) in [5.74, 6) is 0.778. The van der Waals surface area contributed by atoms with Gasteiger partial charge in [-0.3, -0.25) is 0 Å². The van der Waals surface area contributed by atoms with Gasteiger partial charge in [0.2, 0.25) is 0 Å². The van der Waals surface area contributed by atoms with Crippen molar-refractivity contribution in [2.75, 3.05) is 31.1 Å². The molecule has 2 nitrogen and oxygen atoms in total. The normalized spacial score (nSPS) is 24.0. The van der Waals surface area contributed by atoms with Crippen LogP contribution in [-0.4, -0.2) is 26.2 Å². The van der Waals surface area contributed by atoms with E-state index in [1.54, 1.807) is 0 Å². The van der Waals surface area contributed by atoms with Crippen LogP contribution in [0.4, 0.5) is 18.9 Å². The minimum absolute atomic E-state index is 0.236. The van der Waals surface area contributed by atoms with Gasteiger partial charge in [-0.1, -0.05) is 6.92 Å². The standard InChI is InChI=1S/C18H25F3N2/c1-13-3-2-8-23(12-13)17-10-15(14-4-6-22-7-5-14)9-16(11-17)18(19,20)21/h9-11,13-14,22H,2-8,12H2,1H3. The average molecular weight is 326 g/mol. The lowest BCUT2D eigenvalue weighted by atomic mass is 9.88. The van der Waals surface area contributed by atoms with Crippen molar-refractivity contribution in [1.29, 1.82) is 0 Å². The highest BCUT2D eigenvalue weighted by atomic mass is 19.4. The summed E-state index contributed by atoms with van der Waals surface area (Å²) >= 11 is 0. The Bertz CT molecular complexity index is 536. The molecule has 0 amide bonds. The molecule has 1 unspecified atom stereocenters. The molecule has 128 valence electrons. The summed E-state index contributed by atoms with van der Waals surface area (Å²) in [4.78, 5) is 2.13. The van der Waals surface area contributed by atoms with Crippen molar-refractivity contribution in [2.45, 2.75) is 44.7 Å². The number of hydrogen-bond acceptors (Lipinski definition) is 2. The second-order valence-corrected chi connectivity index (χ2v) is 7.03. The fourth-order valence-electron chi connectivity index (χ4n) is 3.80. The monoisotopic (exact) mass is 326 g/mol. The summed E-state index contributed by atoms with van der Waals surface area (Å²) < 4.78 is 40.0. The van der Waals surface area contributed by atoms with Gasteiger partial charge in [0, 0.05) is 18.8 Å². The molecule has 2 saturated heterocycles. The van der Waals surface area contributed by atoms with Crippen molar-refractivity contribution in [3.63, 3.8) is 0 Å². The lowest BCUT2D eigenvalue weighted by Crippen LogP contribution is -2.34. The lowest BCUT2D eigenvalue weighted by molar-refractivity contribution is -0.137. The van der Waals surface area contributed by atoms with Crippen molar-refractivity contribution >= 4 is 5.69 Å². The molecule has 0 aromatic heterocycles. The van der Waals surface area contributed by atoms with E-state index >= 15 is 0 Å². The highest BCUT2D eigenvalue weighted by molar-refractivity contribution is 5.53. The molecular formula is C18H25F3N2. The Hall–Kier alpha value is -1.23. The molecule has 0 saturated carbocycles. The van der Waals surface area contributed by atoms with Gasteiger partial charge >= 0.3 is 6.18 Å². The van der Waals surface area contributed by atoms with Gasteiger partial charge < -0.3 is 10.2 Å². The summed E-state index contributed by atoms with van der Waals surface area (Å²) in [5.41, 5.74) is 1.11. The van der Waals surface area contributed by atoms with E-state index in [0.717, 1.165) is 63.1 Å². The number of halogens is 3. The molecule has 1 N–H and O–H groups in total. The maximum atomic E-state index is 13.3. The van der Waals surface area contributed by atoms with Crippen LogP contribution in [0.3, 0.4) is 0 Å². The van der Waals surface area contributed by atoms with Gasteiger partial charge in [0.25, 0.3) is 0 Å². The third-order valence-corrected chi connectivity index (χ3v) is 5.10. The highest BCUT2D eigenvalue weighted by Crippen LogP contribution is 2.37. The van der Waals surface area contributed by atoms with Gasteiger partial charge in [0.1, 0.15) is 0 Å². The van der Waals surface area contributed by atoms with Crippen LogP contribution in [0, 0.1) is 5.92 Å². The number of nitrogens with zero attached hydrogens (tertiary/aromatic N) is 1. The van der Waals surface area contributed by atoms with Gasteiger partial charge in [-0.05, 0) is 74.4 Å². The molecule has 2 fully saturated rings. The van der Waals surface area contributed by atoms with Crippen LogP contribution in [0.25, 0.3) is 0 Å².